The quantitative estimate of drug-likeness (QED) is 0.609. The summed E-state index contributed by atoms with van der Waals surface area (Å²) in [7, 11) is 0. The third-order valence-electron chi connectivity index (χ3n) is 3.16. The van der Waals surface area contributed by atoms with E-state index >= 15 is 0 Å². The maximum absolute atomic E-state index is 11.9. The Hall–Kier alpha value is -2.65. The molecule has 0 aliphatic carbocycles. The minimum absolute atomic E-state index is 0.148. The average Bonchev–Trinajstić information content (AvgIpc) is 2.61. The highest BCUT2D eigenvalue weighted by Gasteiger charge is 2.05. The molecule has 2 aromatic rings. The van der Waals surface area contributed by atoms with Crippen molar-refractivity contribution in [2.24, 2.45) is 5.10 Å². The highest BCUT2D eigenvalue weighted by molar-refractivity contribution is 9.10. The number of hydrogen-bond acceptors (Lipinski definition) is 4. The lowest BCUT2D eigenvalue weighted by Crippen LogP contribution is -2.26. The predicted octanol–water partition coefficient (Wildman–Crippen LogP) is 3.63. The van der Waals surface area contributed by atoms with Gasteiger partial charge in [-0.1, -0.05) is 35.0 Å². The van der Waals surface area contributed by atoms with Crippen molar-refractivity contribution in [3.63, 3.8) is 0 Å². The van der Waals surface area contributed by atoms with Gasteiger partial charge in [0.05, 0.1) is 17.3 Å². The van der Waals surface area contributed by atoms with E-state index in [-0.39, 0.29) is 12.5 Å². The molecule has 0 bridgehead atoms. The summed E-state index contributed by atoms with van der Waals surface area (Å²) in [6.45, 7) is 1.82. The molecule has 5 nitrogen and oxygen atoms in total. The third kappa shape index (κ3) is 5.21. The van der Waals surface area contributed by atoms with Crippen molar-refractivity contribution in [1.29, 1.82) is 5.26 Å². The Morgan fingerprint density at radius 2 is 2.04 bits per heavy atom. The van der Waals surface area contributed by atoms with E-state index in [4.69, 9.17) is 10.00 Å². The van der Waals surface area contributed by atoms with Gasteiger partial charge in [0, 0.05) is 4.47 Å². The molecule has 0 radical (unpaired) electrons. The van der Waals surface area contributed by atoms with Gasteiger partial charge in [0.25, 0.3) is 5.91 Å². The molecule has 0 saturated carbocycles. The van der Waals surface area contributed by atoms with E-state index < -0.39 is 0 Å². The second-order valence-corrected chi connectivity index (χ2v) is 5.80. The first-order valence-corrected chi connectivity index (χ1v) is 8.16. The molecule has 0 saturated heterocycles. The van der Waals surface area contributed by atoms with Gasteiger partial charge in [0.2, 0.25) is 0 Å². The van der Waals surface area contributed by atoms with Crippen molar-refractivity contribution in [1.82, 2.24) is 5.43 Å². The number of nitriles is 1. The summed E-state index contributed by atoms with van der Waals surface area (Å²) in [5.41, 5.74) is 4.77. The van der Waals surface area contributed by atoms with Crippen molar-refractivity contribution < 1.29 is 9.53 Å². The normalized spacial score (nSPS) is 10.8. The van der Waals surface area contributed by atoms with Gasteiger partial charge in [-0.3, -0.25) is 4.79 Å². The number of carbonyl (C=O) groups excluding carboxylic acids is 1. The van der Waals surface area contributed by atoms with E-state index in [0.717, 1.165) is 15.7 Å². The number of halogens is 1. The number of rotatable bonds is 6. The van der Waals surface area contributed by atoms with Crippen LogP contribution in [0.15, 0.2) is 58.1 Å². The largest absolute Gasteiger partial charge is 0.484 e. The predicted molar refractivity (Wildman–Crippen MR) is 95.8 cm³/mol. The Kier molecular flexibility index (Phi) is 6.52. The topological polar surface area (TPSA) is 74.5 Å². The molecule has 24 heavy (non-hydrogen) atoms. The van der Waals surface area contributed by atoms with Crippen LogP contribution in [0.5, 0.6) is 5.75 Å². The van der Waals surface area contributed by atoms with E-state index in [1.54, 1.807) is 24.3 Å². The van der Waals surface area contributed by atoms with Crippen molar-refractivity contribution in [3.8, 4) is 11.8 Å². The number of benzene rings is 2. The van der Waals surface area contributed by atoms with Crippen LogP contribution in [0.1, 0.15) is 24.5 Å². The average molecular weight is 386 g/mol. The van der Waals surface area contributed by atoms with Crippen LogP contribution in [0.4, 0.5) is 0 Å². The first-order valence-electron chi connectivity index (χ1n) is 7.36. The second kappa shape index (κ2) is 8.85. The lowest BCUT2D eigenvalue weighted by atomic mass is 10.1. The Bertz CT molecular complexity index is 780. The fraction of sp³-hybridized carbons (Fsp3) is 0.167. The van der Waals surface area contributed by atoms with Crippen molar-refractivity contribution in [2.45, 2.75) is 13.3 Å². The maximum atomic E-state index is 11.9. The van der Waals surface area contributed by atoms with Crippen LogP contribution in [0, 0.1) is 11.3 Å². The molecule has 122 valence electrons. The van der Waals surface area contributed by atoms with Crippen LogP contribution in [0.25, 0.3) is 0 Å². The van der Waals surface area contributed by atoms with E-state index in [9.17, 15) is 4.79 Å². The fourth-order valence-corrected chi connectivity index (χ4v) is 2.35. The standard InChI is InChI=1S/C18H16BrN3O2/c1-2-17(14-4-3-5-15(19)10-14)21-22-18(23)12-24-16-8-6-13(11-20)7-9-16/h3-10H,2,12H2,1H3,(H,22,23)/b21-17-. The molecular formula is C18H16BrN3O2. The molecule has 6 heteroatoms. The Morgan fingerprint density at radius 3 is 2.67 bits per heavy atom. The van der Waals surface area contributed by atoms with E-state index in [0.29, 0.717) is 17.7 Å². The number of hydrogen-bond donors (Lipinski definition) is 1. The molecule has 2 rings (SSSR count). The van der Waals surface area contributed by atoms with E-state index in [1.165, 1.54) is 0 Å². The highest BCUT2D eigenvalue weighted by Crippen LogP contribution is 2.14. The van der Waals surface area contributed by atoms with Gasteiger partial charge in [0.15, 0.2) is 6.61 Å². The Morgan fingerprint density at radius 1 is 1.29 bits per heavy atom. The van der Waals surface area contributed by atoms with Crippen LogP contribution < -0.4 is 10.2 Å². The zero-order chi connectivity index (χ0) is 17.4. The summed E-state index contributed by atoms with van der Waals surface area (Å²) in [5, 5.41) is 12.9. The van der Waals surface area contributed by atoms with E-state index in [1.807, 2.05) is 37.3 Å². The summed E-state index contributed by atoms with van der Waals surface area (Å²) in [6, 6.07) is 16.3. The summed E-state index contributed by atoms with van der Waals surface area (Å²) in [4.78, 5) is 11.9. The monoisotopic (exact) mass is 385 g/mol. The summed E-state index contributed by atoms with van der Waals surface area (Å²) in [5.74, 6) is 0.177. The lowest BCUT2D eigenvalue weighted by Gasteiger charge is -2.07. The SMILES string of the molecule is CC/C(=N/NC(=O)COc1ccc(C#N)cc1)c1cccc(Br)c1. The summed E-state index contributed by atoms with van der Waals surface area (Å²) < 4.78 is 6.32. The second-order valence-electron chi connectivity index (χ2n) is 4.88. The van der Waals surface area contributed by atoms with Crippen LogP contribution >= 0.6 is 15.9 Å². The van der Waals surface area contributed by atoms with Gasteiger partial charge >= 0.3 is 0 Å². The van der Waals surface area contributed by atoms with Gasteiger partial charge in [-0.25, -0.2) is 5.43 Å². The lowest BCUT2D eigenvalue weighted by molar-refractivity contribution is -0.123. The molecule has 0 atom stereocenters. The van der Waals surface area contributed by atoms with Crippen molar-refractivity contribution >= 4 is 27.5 Å². The van der Waals surface area contributed by atoms with Gasteiger partial charge in [-0.2, -0.15) is 10.4 Å². The third-order valence-corrected chi connectivity index (χ3v) is 3.65. The highest BCUT2D eigenvalue weighted by atomic mass is 79.9. The molecule has 1 amide bonds. The van der Waals surface area contributed by atoms with Gasteiger partial charge in [-0.15, -0.1) is 0 Å². The van der Waals surface area contributed by atoms with E-state index in [2.05, 4.69) is 26.5 Å². The number of ether oxygens (including phenoxy) is 1. The van der Waals surface area contributed by atoms with Crippen molar-refractivity contribution in [3.05, 3.63) is 64.1 Å². The zero-order valence-corrected chi connectivity index (χ0v) is 14.7. The molecular weight excluding hydrogens is 370 g/mol. The summed E-state index contributed by atoms with van der Waals surface area (Å²) >= 11 is 3.42. The Labute approximate surface area is 149 Å². The van der Waals surface area contributed by atoms with Crippen molar-refractivity contribution in [2.75, 3.05) is 6.61 Å². The van der Waals surface area contributed by atoms with Crippen LogP contribution in [0.3, 0.4) is 0 Å². The fourth-order valence-electron chi connectivity index (χ4n) is 1.95. The molecule has 1 N–H and O–H groups in total. The number of amides is 1. The zero-order valence-electron chi connectivity index (χ0n) is 13.1. The maximum Gasteiger partial charge on any atom is 0.277 e. The summed E-state index contributed by atoms with van der Waals surface area (Å²) in [6.07, 6.45) is 0.688. The number of nitrogens with zero attached hydrogens (tertiary/aromatic N) is 2. The molecule has 0 aliphatic heterocycles. The van der Waals surface area contributed by atoms with Crippen LogP contribution in [-0.2, 0) is 4.79 Å². The number of carbonyl (C=O) groups is 1. The minimum atomic E-state index is -0.347. The van der Waals surface area contributed by atoms with Crippen LogP contribution in [0.2, 0.25) is 0 Å². The van der Waals surface area contributed by atoms with Gasteiger partial charge < -0.3 is 4.74 Å². The first-order chi connectivity index (χ1) is 11.6. The number of hydrazone groups is 1. The van der Waals surface area contributed by atoms with Crippen LogP contribution in [-0.4, -0.2) is 18.2 Å². The Balaban J connectivity index is 1.92. The molecule has 0 fully saturated rings. The van der Waals surface area contributed by atoms with Gasteiger partial charge in [0.1, 0.15) is 5.75 Å². The molecule has 0 unspecified atom stereocenters. The number of nitrogens with one attached hydrogen (secondary N) is 1. The minimum Gasteiger partial charge on any atom is -0.484 e. The molecule has 2 aromatic carbocycles. The molecule has 0 heterocycles. The molecule has 0 aliphatic rings. The van der Waals surface area contributed by atoms with Gasteiger partial charge in [-0.05, 0) is 48.4 Å². The first kappa shape index (κ1) is 17.7. The molecule has 0 aromatic heterocycles. The smallest absolute Gasteiger partial charge is 0.277 e. The molecule has 0 spiro atoms.